The second-order valence-electron chi connectivity index (χ2n) is 4.85. The van der Waals surface area contributed by atoms with E-state index >= 15 is 0 Å². The Morgan fingerprint density at radius 2 is 1.84 bits per heavy atom. The summed E-state index contributed by atoms with van der Waals surface area (Å²) in [6, 6.07) is 8.49. The number of hydrogen-bond donors (Lipinski definition) is 1. The number of halogens is 2. The van der Waals surface area contributed by atoms with E-state index in [-0.39, 0.29) is 6.04 Å². The van der Waals surface area contributed by atoms with Crippen LogP contribution in [0.25, 0.3) is 0 Å². The van der Waals surface area contributed by atoms with E-state index in [9.17, 15) is 0 Å². The zero-order valence-corrected chi connectivity index (χ0v) is 14.1. The van der Waals surface area contributed by atoms with Crippen LogP contribution in [0.1, 0.15) is 37.2 Å². The Hall–Kier alpha value is -0.650. The molecule has 1 atom stereocenters. The highest BCUT2D eigenvalue weighted by molar-refractivity contribution is 9.10. The normalized spacial score (nSPS) is 12.9. The zero-order valence-electron chi connectivity index (χ0n) is 11.0. The first-order valence-electron chi connectivity index (χ1n) is 6.22. The third kappa shape index (κ3) is 3.46. The van der Waals surface area contributed by atoms with Gasteiger partial charge in [-0.2, -0.15) is 5.10 Å². The molecule has 0 saturated carbocycles. The number of nitrogens with two attached hydrogens (primary N) is 1. The third-order valence-corrected chi connectivity index (χ3v) is 4.14. The van der Waals surface area contributed by atoms with Crippen molar-refractivity contribution in [3.63, 3.8) is 0 Å². The summed E-state index contributed by atoms with van der Waals surface area (Å²) >= 11 is 6.98. The number of nitrogens with zero attached hydrogens (tertiary/aromatic N) is 2. The Balaban J connectivity index is 2.22. The van der Waals surface area contributed by atoms with Crippen LogP contribution in [0.2, 0.25) is 0 Å². The van der Waals surface area contributed by atoms with E-state index in [0.29, 0.717) is 6.04 Å². The van der Waals surface area contributed by atoms with Crippen LogP contribution in [0.15, 0.2) is 39.4 Å². The molecule has 5 heteroatoms. The first-order valence-corrected chi connectivity index (χ1v) is 7.80. The van der Waals surface area contributed by atoms with Crippen molar-refractivity contribution < 1.29 is 0 Å². The van der Waals surface area contributed by atoms with Gasteiger partial charge in [-0.15, -0.1) is 0 Å². The Morgan fingerprint density at radius 1 is 1.21 bits per heavy atom. The van der Waals surface area contributed by atoms with Crippen molar-refractivity contribution in [2.75, 3.05) is 0 Å². The molecule has 0 aliphatic rings. The number of rotatable bonds is 4. The Morgan fingerprint density at radius 3 is 2.42 bits per heavy atom. The minimum Gasteiger partial charge on any atom is -0.322 e. The molecule has 2 N–H and O–H groups in total. The molecule has 1 unspecified atom stereocenters. The van der Waals surface area contributed by atoms with Gasteiger partial charge in [-0.25, -0.2) is 0 Å². The second-order valence-corrected chi connectivity index (χ2v) is 6.62. The summed E-state index contributed by atoms with van der Waals surface area (Å²) in [7, 11) is 0. The highest BCUT2D eigenvalue weighted by Crippen LogP contribution is 2.27. The van der Waals surface area contributed by atoms with E-state index in [0.717, 1.165) is 21.1 Å². The van der Waals surface area contributed by atoms with Crippen molar-refractivity contribution in [1.82, 2.24) is 9.78 Å². The van der Waals surface area contributed by atoms with E-state index in [4.69, 9.17) is 5.73 Å². The molecule has 1 heterocycles. The van der Waals surface area contributed by atoms with Crippen molar-refractivity contribution in [3.05, 3.63) is 50.7 Å². The smallest absolute Gasteiger partial charge is 0.0699 e. The Labute approximate surface area is 130 Å². The summed E-state index contributed by atoms with van der Waals surface area (Å²) in [5.74, 6) is 0. The minimum absolute atomic E-state index is 0.0690. The van der Waals surface area contributed by atoms with E-state index in [1.165, 1.54) is 5.56 Å². The minimum atomic E-state index is -0.0690. The summed E-state index contributed by atoms with van der Waals surface area (Å²) in [6.07, 6.45) is 2.61. The van der Waals surface area contributed by atoms with Crippen LogP contribution in [0.3, 0.4) is 0 Å². The predicted molar refractivity (Wildman–Crippen MR) is 85.1 cm³/mol. The van der Waals surface area contributed by atoms with Gasteiger partial charge in [-0.3, -0.25) is 4.68 Å². The molecule has 2 aromatic rings. The molecular formula is C14H17Br2N3. The molecule has 3 nitrogen and oxygen atoms in total. The topological polar surface area (TPSA) is 43.8 Å². The SMILES string of the molecule is CC(C)n1ncc(Br)c1C(N)Cc1ccc(Br)cc1. The molecule has 0 aliphatic heterocycles. The second kappa shape index (κ2) is 6.20. The molecule has 0 aliphatic carbocycles. The Kier molecular flexibility index (Phi) is 4.81. The molecule has 0 saturated heterocycles. The van der Waals surface area contributed by atoms with Crippen LogP contribution in [0.4, 0.5) is 0 Å². The summed E-state index contributed by atoms with van der Waals surface area (Å²) in [5, 5.41) is 4.37. The van der Waals surface area contributed by atoms with Gasteiger partial charge in [0.15, 0.2) is 0 Å². The monoisotopic (exact) mass is 385 g/mol. The van der Waals surface area contributed by atoms with E-state index in [1.807, 2.05) is 23.0 Å². The molecule has 1 aromatic heterocycles. The molecule has 0 amide bonds. The summed E-state index contributed by atoms with van der Waals surface area (Å²) in [5.41, 5.74) is 8.62. The average Bonchev–Trinajstić information content (AvgIpc) is 2.74. The van der Waals surface area contributed by atoms with Gasteiger partial charge in [0.25, 0.3) is 0 Å². The van der Waals surface area contributed by atoms with Gasteiger partial charge in [0.2, 0.25) is 0 Å². The van der Waals surface area contributed by atoms with Crippen LogP contribution in [-0.4, -0.2) is 9.78 Å². The lowest BCUT2D eigenvalue weighted by Crippen LogP contribution is -2.20. The lowest BCUT2D eigenvalue weighted by molar-refractivity contribution is 0.484. The maximum Gasteiger partial charge on any atom is 0.0699 e. The molecule has 0 spiro atoms. The molecule has 1 aromatic carbocycles. The van der Waals surface area contributed by atoms with Crippen LogP contribution in [0, 0.1) is 0 Å². The third-order valence-electron chi connectivity index (χ3n) is 3.00. The highest BCUT2D eigenvalue weighted by Gasteiger charge is 2.18. The van der Waals surface area contributed by atoms with E-state index < -0.39 is 0 Å². The number of hydrogen-bond acceptors (Lipinski definition) is 2. The van der Waals surface area contributed by atoms with Crippen molar-refractivity contribution in [3.8, 4) is 0 Å². The van der Waals surface area contributed by atoms with Crippen molar-refractivity contribution >= 4 is 31.9 Å². The van der Waals surface area contributed by atoms with E-state index in [1.54, 1.807) is 0 Å². The van der Waals surface area contributed by atoms with Gasteiger partial charge in [0.05, 0.1) is 22.4 Å². The lowest BCUT2D eigenvalue weighted by atomic mass is 10.0. The summed E-state index contributed by atoms with van der Waals surface area (Å²) in [6.45, 7) is 4.21. The van der Waals surface area contributed by atoms with Crippen molar-refractivity contribution in [1.29, 1.82) is 0 Å². The van der Waals surface area contributed by atoms with Gasteiger partial charge in [-0.1, -0.05) is 28.1 Å². The Bertz CT molecular complexity index is 546. The van der Waals surface area contributed by atoms with Crippen LogP contribution in [0.5, 0.6) is 0 Å². The first kappa shape index (κ1) is 14.8. The molecule has 102 valence electrons. The standard InChI is InChI=1S/C14H17Br2N3/c1-9(2)19-14(12(16)8-18-19)13(17)7-10-3-5-11(15)6-4-10/h3-6,8-9,13H,7,17H2,1-2H3. The fourth-order valence-electron chi connectivity index (χ4n) is 2.08. The van der Waals surface area contributed by atoms with Crippen LogP contribution in [-0.2, 0) is 6.42 Å². The molecule has 19 heavy (non-hydrogen) atoms. The maximum absolute atomic E-state index is 6.35. The zero-order chi connectivity index (χ0) is 14.0. The summed E-state index contributed by atoms with van der Waals surface area (Å²) in [4.78, 5) is 0. The van der Waals surface area contributed by atoms with Gasteiger partial charge in [0.1, 0.15) is 0 Å². The largest absolute Gasteiger partial charge is 0.322 e. The average molecular weight is 387 g/mol. The molecule has 0 bridgehead atoms. The number of benzene rings is 1. The summed E-state index contributed by atoms with van der Waals surface area (Å²) < 4.78 is 4.04. The first-order chi connectivity index (χ1) is 8.99. The van der Waals surface area contributed by atoms with Crippen LogP contribution < -0.4 is 5.73 Å². The lowest BCUT2D eigenvalue weighted by Gasteiger charge is -2.17. The highest BCUT2D eigenvalue weighted by atomic mass is 79.9. The maximum atomic E-state index is 6.35. The van der Waals surface area contributed by atoms with Gasteiger partial charge < -0.3 is 5.73 Å². The van der Waals surface area contributed by atoms with Crippen LogP contribution >= 0.6 is 31.9 Å². The fourth-order valence-corrected chi connectivity index (χ4v) is 2.91. The fraction of sp³-hybridized carbons (Fsp3) is 0.357. The van der Waals surface area contributed by atoms with Gasteiger partial charge in [-0.05, 0) is 53.9 Å². The predicted octanol–water partition coefficient (Wildman–Crippen LogP) is 4.23. The van der Waals surface area contributed by atoms with Gasteiger partial charge in [0, 0.05) is 10.5 Å². The number of aromatic nitrogens is 2. The van der Waals surface area contributed by atoms with Crippen molar-refractivity contribution in [2.45, 2.75) is 32.4 Å². The van der Waals surface area contributed by atoms with Gasteiger partial charge >= 0.3 is 0 Å². The molecular weight excluding hydrogens is 370 g/mol. The molecule has 0 radical (unpaired) electrons. The van der Waals surface area contributed by atoms with E-state index in [2.05, 4.69) is 62.9 Å². The molecule has 0 fully saturated rings. The quantitative estimate of drug-likeness (QED) is 0.854. The van der Waals surface area contributed by atoms with Crippen molar-refractivity contribution in [2.24, 2.45) is 5.73 Å². The molecule has 2 rings (SSSR count).